The number of hydrogen-bond donors (Lipinski definition) is 1. The van der Waals surface area contributed by atoms with Gasteiger partial charge < -0.3 is 19.5 Å². The minimum Gasteiger partial charge on any atom is -0.497 e. The fourth-order valence-electron chi connectivity index (χ4n) is 2.65. The van der Waals surface area contributed by atoms with Gasteiger partial charge in [0.25, 0.3) is 0 Å². The number of fused-ring (bicyclic) bond motifs is 1. The van der Waals surface area contributed by atoms with Crippen LogP contribution in [0, 0.1) is 0 Å². The lowest BCUT2D eigenvalue weighted by molar-refractivity contribution is -0.121. The molecule has 0 radical (unpaired) electrons. The normalized spacial score (nSPS) is 13.9. The number of rotatable bonds is 5. The zero-order valence-electron chi connectivity index (χ0n) is 13.9. The molecule has 1 unspecified atom stereocenters. The van der Waals surface area contributed by atoms with Crippen molar-refractivity contribution in [2.24, 2.45) is 0 Å². The Balaban J connectivity index is 1.60. The first-order valence-corrected chi connectivity index (χ1v) is 7.97. The maximum Gasteiger partial charge on any atom is 0.224 e. The van der Waals surface area contributed by atoms with E-state index in [4.69, 9.17) is 14.2 Å². The Bertz CT molecular complexity index is 712. The van der Waals surface area contributed by atoms with Crippen LogP contribution in [-0.4, -0.2) is 26.2 Å². The maximum atomic E-state index is 12.3. The van der Waals surface area contributed by atoms with Gasteiger partial charge in [-0.15, -0.1) is 0 Å². The molecule has 0 spiro atoms. The van der Waals surface area contributed by atoms with Gasteiger partial charge in [0.2, 0.25) is 5.91 Å². The van der Waals surface area contributed by atoms with E-state index in [-0.39, 0.29) is 11.9 Å². The predicted molar refractivity (Wildman–Crippen MR) is 90.7 cm³/mol. The van der Waals surface area contributed by atoms with E-state index in [9.17, 15) is 4.79 Å². The molecule has 1 amide bonds. The van der Waals surface area contributed by atoms with Crippen molar-refractivity contribution < 1.29 is 19.0 Å². The second kappa shape index (κ2) is 7.25. The van der Waals surface area contributed by atoms with E-state index in [0.717, 1.165) is 22.6 Å². The Morgan fingerprint density at radius 2 is 1.83 bits per heavy atom. The van der Waals surface area contributed by atoms with Crippen LogP contribution in [0.4, 0.5) is 0 Å². The Kier molecular flexibility index (Phi) is 4.89. The van der Waals surface area contributed by atoms with Crippen molar-refractivity contribution in [3.8, 4) is 17.2 Å². The average Bonchev–Trinajstić information content (AvgIpc) is 2.61. The fourth-order valence-corrected chi connectivity index (χ4v) is 2.65. The van der Waals surface area contributed by atoms with E-state index in [1.165, 1.54) is 0 Å². The Labute approximate surface area is 141 Å². The molecule has 5 heteroatoms. The quantitative estimate of drug-likeness (QED) is 0.917. The lowest BCUT2D eigenvalue weighted by atomic mass is 10.1. The Morgan fingerprint density at radius 1 is 1.12 bits per heavy atom. The van der Waals surface area contributed by atoms with Crippen molar-refractivity contribution in [3.63, 3.8) is 0 Å². The third-order valence-corrected chi connectivity index (χ3v) is 3.96. The molecule has 3 rings (SSSR count). The first kappa shape index (κ1) is 16.2. The molecule has 2 aromatic carbocycles. The standard InChI is InChI=1S/C19H21NO4/c1-13(15-4-6-16(22-2)7-5-15)20-19(21)12-14-3-8-17-18(11-14)24-10-9-23-17/h3-8,11,13H,9-10,12H2,1-2H3,(H,20,21). The van der Waals surface area contributed by atoms with E-state index in [0.29, 0.717) is 25.4 Å². The van der Waals surface area contributed by atoms with Crippen molar-refractivity contribution in [2.45, 2.75) is 19.4 Å². The van der Waals surface area contributed by atoms with Crippen molar-refractivity contribution >= 4 is 5.91 Å². The number of carbonyl (C=O) groups is 1. The van der Waals surface area contributed by atoms with Gasteiger partial charge in [-0.05, 0) is 42.3 Å². The van der Waals surface area contributed by atoms with Gasteiger partial charge in [-0.1, -0.05) is 18.2 Å². The maximum absolute atomic E-state index is 12.3. The first-order chi connectivity index (χ1) is 11.7. The van der Waals surface area contributed by atoms with Gasteiger partial charge in [-0.25, -0.2) is 0 Å². The van der Waals surface area contributed by atoms with Crippen molar-refractivity contribution in [1.29, 1.82) is 0 Å². The topological polar surface area (TPSA) is 56.8 Å². The predicted octanol–water partition coefficient (Wildman–Crippen LogP) is 2.89. The molecule has 1 aliphatic heterocycles. The summed E-state index contributed by atoms with van der Waals surface area (Å²) in [6, 6.07) is 13.2. The smallest absolute Gasteiger partial charge is 0.224 e. The summed E-state index contributed by atoms with van der Waals surface area (Å²) in [5.41, 5.74) is 1.94. The van der Waals surface area contributed by atoms with E-state index >= 15 is 0 Å². The van der Waals surface area contributed by atoms with Crippen LogP contribution in [0.5, 0.6) is 17.2 Å². The zero-order chi connectivity index (χ0) is 16.9. The summed E-state index contributed by atoms with van der Waals surface area (Å²) < 4.78 is 16.2. The van der Waals surface area contributed by atoms with E-state index < -0.39 is 0 Å². The summed E-state index contributed by atoms with van der Waals surface area (Å²) in [5, 5.41) is 3.01. The summed E-state index contributed by atoms with van der Waals surface area (Å²) >= 11 is 0. The van der Waals surface area contributed by atoms with Crippen LogP contribution in [0.1, 0.15) is 24.1 Å². The van der Waals surface area contributed by atoms with Crippen LogP contribution >= 0.6 is 0 Å². The van der Waals surface area contributed by atoms with Gasteiger partial charge in [0.15, 0.2) is 11.5 Å². The van der Waals surface area contributed by atoms with Crippen LogP contribution < -0.4 is 19.5 Å². The number of nitrogens with one attached hydrogen (secondary N) is 1. The van der Waals surface area contributed by atoms with Crippen LogP contribution in [0.2, 0.25) is 0 Å². The number of hydrogen-bond acceptors (Lipinski definition) is 4. The number of carbonyl (C=O) groups excluding carboxylic acids is 1. The molecule has 5 nitrogen and oxygen atoms in total. The first-order valence-electron chi connectivity index (χ1n) is 7.97. The third kappa shape index (κ3) is 3.79. The van der Waals surface area contributed by atoms with Gasteiger partial charge in [-0.3, -0.25) is 4.79 Å². The molecule has 0 fully saturated rings. The molecule has 0 bridgehead atoms. The second-order valence-corrected chi connectivity index (χ2v) is 5.72. The molecule has 24 heavy (non-hydrogen) atoms. The highest BCUT2D eigenvalue weighted by atomic mass is 16.6. The van der Waals surface area contributed by atoms with E-state index in [1.807, 2.05) is 49.4 Å². The monoisotopic (exact) mass is 327 g/mol. The SMILES string of the molecule is COc1ccc(C(C)NC(=O)Cc2ccc3c(c2)OCCO3)cc1. The van der Waals surface area contributed by atoms with Crippen molar-refractivity contribution in [1.82, 2.24) is 5.32 Å². The molecule has 1 atom stereocenters. The second-order valence-electron chi connectivity index (χ2n) is 5.72. The summed E-state index contributed by atoms with van der Waals surface area (Å²) in [4.78, 5) is 12.3. The van der Waals surface area contributed by atoms with Gasteiger partial charge >= 0.3 is 0 Å². The molecule has 1 N–H and O–H groups in total. The average molecular weight is 327 g/mol. The molecular formula is C19H21NO4. The summed E-state index contributed by atoms with van der Waals surface area (Å²) in [5.74, 6) is 2.20. The largest absolute Gasteiger partial charge is 0.497 e. The Morgan fingerprint density at radius 3 is 2.54 bits per heavy atom. The molecule has 0 saturated carbocycles. The van der Waals surface area contributed by atoms with Crippen LogP contribution in [0.25, 0.3) is 0 Å². The molecular weight excluding hydrogens is 306 g/mol. The molecule has 1 aliphatic rings. The highest BCUT2D eigenvalue weighted by Crippen LogP contribution is 2.30. The summed E-state index contributed by atoms with van der Waals surface area (Å²) in [6.07, 6.45) is 0.303. The molecule has 126 valence electrons. The van der Waals surface area contributed by atoms with Crippen LogP contribution in [0.15, 0.2) is 42.5 Å². The van der Waals surface area contributed by atoms with Crippen LogP contribution in [0.3, 0.4) is 0 Å². The number of methoxy groups -OCH3 is 1. The zero-order valence-corrected chi connectivity index (χ0v) is 13.9. The molecule has 0 saturated heterocycles. The lowest BCUT2D eigenvalue weighted by Gasteiger charge is -2.19. The number of ether oxygens (including phenoxy) is 3. The lowest BCUT2D eigenvalue weighted by Crippen LogP contribution is -2.28. The summed E-state index contributed by atoms with van der Waals surface area (Å²) in [6.45, 7) is 3.06. The van der Waals surface area contributed by atoms with E-state index in [2.05, 4.69) is 5.32 Å². The Hall–Kier alpha value is -2.69. The van der Waals surface area contributed by atoms with Crippen molar-refractivity contribution in [2.75, 3.05) is 20.3 Å². The number of benzene rings is 2. The third-order valence-electron chi connectivity index (χ3n) is 3.96. The molecule has 0 aliphatic carbocycles. The highest BCUT2D eigenvalue weighted by Gasteiger charge is 2.14. The van der Waals surface area contributed by atoms with Gasteiger partial charge in [0.05, 0.1) is 19.6 Å². The summed E-state index contributed by atoms with van der Waals surface area (Å²) in [7, 11) is 1.63. The molecule has 0 aromatic heterocycles. The van der Waals surface area contributed by atoms with E-state index in [1.54, 1.807) is 7.11 Å². The molecule has 1 heterocycles. The minimum absolute atomic E-state index is 0.0324. The van der Waals surface area contributed by atoms with Gasteiger partial charge in [0.1, 0.15) is 19.0 Å². The highest BCUT2D eigenvalue weighted by molar-refractivity contribution is 5.79. The minimum atomic E-state index is -0.0689. The van der Waals surface area contributed by atoms with Gasteiger partial charge in [0, 0.05) is 0 Å². The molecule has 2 aromatic rings. The van der Waals surface area contributed by atoms with Crippen molar-refractivity contribution in [3.05, 3.63) is 53.6 Å². The number of amides is 1. The van der Waals surface area contributed by atoms with Gasteiger partial charge in [-0.2, -0.15) is 0 Å². The van der Waals surface area contributed by atoms with Crippen LogP contribution in [-0.2, 0) is 11.2 Å². The fraction of sp³-hybridized carbons (Fsp3) is 0.316.